The van der Waals surface area contributed by atoms with Crippen LogP contribution in [0, 0.1) is 5.82 Å². The van der Waals surface area contributed by atoms with Crippen molar-refractivity contribution in [2.24, 2.45) is 5.73 Å². The topological polar surface area (TPSA) is 73.6 Å². The zero-order valence-corrected chi connectivity index (χ0v) is 12.8. The van der Waals surface area contributed by atoms with Crippen molar-refractivity contribution in [3.63, 3.8) is 0 Å². The number of rotatable bonds is 7. The quantitative estimate of drug-likeness (QED) is 0.811. The number of benzene rings is 1. The second-order valence-electron chi connectivity index (χ2n) is 5.52. The Morgan fingerprint density at radius 2 is 2.18 bits per heavy atom. The molecule has 0 spiro atoms. The summed E-state index contributed by atoms with van der Waals surface area (Å²) in [4.78, 5) is 11.8. The molecule has 5 nitrogen and oxygen atoms in total. The van der Waals surface area contributed by atoms with Crippen molar-refractivity contribution in [2.75, 3.05) is 19.0 Å². The van der Waals surface area contributed by atoms with Gasteiger partial charge in [-0.2, -0.15) is 0 Å². The van der Waals surface area contributed by atoms with Crippen LogP contribution in [0.25, 0.3) is 0 Å². The summed E-state index contributed by atoms with van der Waals surface area (Å²) >= 11 is 0. The van der Waals surface area contributed by atoms with Crippen molar-refractivity contribution < 1.29 is 18.7 Å². The van der Waals surface area contributed by atoms with Gasteiger partial charge in [-0.05, 0) is 37.8 Å². The van der Waals surface area contributed by atoms with Crippen molar-refractivity contribution in [2.45, 2.75) is 44.3 Å². The highest BCUT2D eigenvalue weighted by molar-refractivity contribution is 5.91. The molecule has 1 aliphatic carbocycles. The lowest BCUT2D eigenvalue weighted by Gasteiger charge is -2.15. The Labute approximate surface area is 130 Å². The lowest BCUT2D eigenvalue weighted by atomic mass is 10.2. The number of methoxy groups -OCH3 is 1. The van der Waals surface area contributed by atoms with Crippen LogP contribution in [0.3, 0.4) is 0 Å². The van der Waals surface area contributed by atoms with E-state index in [1.807, 2.05) is 0 Å². The molecule has 3 N–H and O–H groups in total. The number of amides is 1. The maximum Gasteiger partial charge on any atom is 0.227 e. The van der Waals surface area contributed by atoms with Crippen molar-refractivity contribution in [1.29, 1.82) is 0 Å². The number of nitrogens with one attached hydrogen (secondary N) is 1. The summed E-state index contributed by atoms with van der Waals surface area (Å²) in [5.41, 5.74) is 5.86. The highest BCUT2D eigenvalue weighted by Crippen LogP contribution is 2.27. The summed E-state index contributed by atoms with van der Waals surface area (Å²) in [5, 5.41) is 2.63. The van der Waals surface area contributed by atoms with Gasteiger partial charge in [-0.25, -0.2) is 4.39 Å². The minimum atomic E-state index is -0.466. The molecule has 1 saturated carbocycles. The molecule has 1 aliphatic rings. The van der Waals surface area contributed by atoms with E-state index in [9.17, 15) is 9.18 Å². The molecule has 0 aromatic heterocycles. The Morgan fingerprint density at radius 1 is 1.45 bits per heavy atom. The lowest BCUT2D eigenvalue weighted by molar-refractivity contribution is -0.118. The second-order valence-corrected chi connectivity index (χ2v) is 5.52. The van der Waals surface area contributed by atoms with E-state index in [0.717, 1.165) is 25.7 Å². The number of halogens is 1. The molecule has 1 amide bonds. The van der Waals surface area contributed by atoms with Crippen LogP contribution in [0.1, 0.15) is 32.1 Å². The van der Waals surface area contributed by atoms with Gasteiger partial charge in [0, 0.05) is 25.4 Å². The number of carbonyl (C=O) groups is 1. The maximum atomic E-state index is 14.0. The number of hydrogen-bond acceptors (Lipinski definition) is 4. The first-order valence-corrected chi connectivity index (χ1v) is 7.61. The lowest BCUT2D eigenvalue weighted by Crippen LogP contribution is -2.28. The zero-order valence-electron chi connectivity index (χ0n) is 12.8. The molecule has 0 radical (unpaired) electrons. The van der Waals surface area contributed by atoms with Gasteiger partial charge in [0.2, 0.25) is 5.91 Å². The van der Waals surface area contributed by atoms with Gasteiger partial charge < -0.3 is 20.5 Å². The number of hydrogen-bond donors (Lipinski definition) is 2. The van der Waals surface area contributed by atoms with E-state index in [-0.39, 0.29) is 36.8 Å². The highest BCUT2D eigenvalue weighted by atomic mass is 19.1. The molecule has 22 heavy (non-hydrogen) atoms. The third-order valence-electron chi connectivity index (χ3n) is 3.82. The Bertz CT molecular complexity index is 500. The average molecular weight is 310 g/mol. The van der Waals surface area contributed by atoms with Crippen molar-refractivity contribution in [3.8, 4) is 5.75 Å². The normalized spacial score (nSPS) is 16.5. The van der Waals surface area contributed by atoms with E-state index in [2.05, 4.69) is 5.32 Å². The van der Waals surface area contributed by atoms with Gasteiger partial charge >= 0.3 is 0 Å². The van der Waals surface area contributed by atoms with Gasteiger partial charge in [0.15, 0.2) is 11.6 Å². The molecular formula is C16H23FN2O3. The van der Waals surface area contributed by atoms with Crippen molar-refractivity contribution in [3.05, 3.63) is 24.0 Å². The fraction of sp³-hybridized carbons (Fsp3) is 0.562. The highest BCUT2D eigenvalue weighted by Gasteiger charge is 2.18. The van der Waals surface area contributed by atoms with Crippen LogP contribution in [-0.2, 0) is 9.53 Å². The standard InChI is InChI=1S/C16H23FN2O3/c1-21-13(10-18)9-16(20)19-11-6-7-15(14(17)8-11)22-12-4-2-3-5-12/h6-8,12-13H,2-5,9-10,18H2,1H3,(H,19,20). The smallest absolute Gasteiger partial charge is 0.227 e. The molecular weight excluding hydrogens is 287 g/mol. The summed E-state index contributed by atoms with van der Waals surface area (Å²) in [6.45, 7) is 0.256. The molecule has 1 fully saturated rings. The summed E-state index contributed by atoms with van der Waals surface area (Å²) in [5.74, 6) is -0.491. The number of nitrogens with two attached hydrogens (primary N) is 1. The molecule has 1 unspecified atom stereocenters. The molecule has 0 aliphatic heterocycles. The van der Waals surface area contributed by atoms with Gasteiger partial charge in [0.25, 0.3) is 0 Å². The van der Waals surface area contributed by atoms with E-state index in [4.69, 9.17) is 15.2 Å². The van der Waals surface area contributed by atoms with Crippen LogP contribution in [0.5, 0.6) is 5.75 Å². The first kappa shape index (κ1) is 16.7. The maximum absolute atomic E-state index is 14.0. The molecule has 122 valence electrons. The van der Waals surface area contributed by atoms with Crippen molar-refractivity contribution in [1.82, 2.24) is 0 Å². The van der Waals surface area contributed by atoms with Gasteiger partial charge in [0.05, 0.1) is 18.6 Å². The van der Waals surface area contributed by atoms with Gasteiger partial charge in [0.1, 0.15) is 0 Å². The molecule has 2 rings (SSSR count). The monoisotopic (exact) mass is 310 g/mol. The number of anilines is 1. The van der Waals surface area contributed by atoms with Gasteiger partial charge in [-0.1, -0.05) is 0 Å². The number of carbonyl (C=O) groups excluding carboxylic acids is 1. The van der Waals surface area contributed by atoms with E-state index in [1.54, 1.807) is 12.1 Å². The summed E-state index contributed by atoms with van der Waals surface area (Å²) in [7, 11) is 1.50. The molecule has 6 heteroatoms. The Kier molecular flexibility index (Phi) is 6.15. The first-order valence-electron chi connectivity index (χ1n) is 7.61. The largest absolute Gasteiger partial charge is 0.487 e. The SMILES string of the molecule is COC(CN)CC(=O)Nc1ccc(OC2CCCC2)c(F)c1. The minimum absolute atomic E-state index is 0.0990. The van der Waals surface area contributed by atoms with Crippen LogP contribution < -0.4 is 15.8 Å². The number of ether oxygens (including phenoxy) is 2. The van der Waals surface area contributed by atoms with E-state index < -0.39 is 5.82 Å². The zero-order chi connectivity index (χ0) is 15.9. The minimum Gasteiger partial charge on any atom is -0.487 e. The van der Waals surface area contributed by atoms with Gasteiger partial charge in [-0.3, -0.25) is 4.79 Å². The van der Waals surface area contributed by atoms with Crippen LogP contribution >= 0.6 is 0 Å². The predicted octanol–water partition coefficient (Wildman–Crippen LogP) is 2.45. The summed E-state index contributed by atoms with van der Waals surface area (Å²) < 4.78 is 24.7. The fourth-order valence-corrected chi connectivity index (χ4v) is 2.54. The fourth-order valence-electron chi connectivity index (χ4n) is 2.54. The Balaban J connectivity index is 1.92. The van der Waals surface area contributed by atoms with Crippen LogP contribution in [0.2, 0.25) is 0 Å². The molecule has 0 heterocycles. The molecule has 1 aromatic carbocycles. The van der Waals surface area contributed by atoms with Crippen LogP contribution in [-0.4, -0.2) is 31.8 Å². The third-order valence-corrected chi connectivity index (χ3v) is 3.82. The van der Waals surface area contributed by atoms with E-state index in [1.165, 1.54) is 13.2 Å². The molecule has 1 atom stereocenters. The molecule has 1 aromatic rings. The third kappa shape index (κ3) is 4.68. The molecule has 0 bridgehead atoms. The summed E-state index contributed by atoms with van der Waals surface area (Å²) in [6.07, 6.45) is 4.08. The first-order chi connectivity index (χ1) is 10.6. The molecule has 0 saturated heterocycles. The van der Waals surface area contributed by atoms with Crippen molar-refractivity contribution >= 4 is 11.6 Å². The van der Waals surface area contributed by atoms with Crippen LogP contribution in [0.15, 0.2) is 18.2 Å². The second kappa shape index (κ2) is 8.10. The Hall–Kier alpha value is -1.66. The average Bonchev–Trinajstić information content (AvgIpc) is 3.00. The summed E-state index contributed by atoms with van der Waals surface area (Å²) in [6, 6.07) is 4.46. The Morgan fingerprint density at radius 3 is 2.77 bits per heavy atom. The van der Waals surface area contributed by atoms with Crippen LogP contribution in [0.4, 0.5) is 10.1 Å². The van der Waals surface area contributed by atoms with E-state index >= 15 is 0 Å². The predicted molar refractivity (Wildman–Crippen MR) is 82.4 cm³/mol. The van der Waals surface area contributed by atoms with E-state index in [0.29, 0.717) is 5.69 Å². The van der Waals surface area contributed by atoms with Gasteiger partial charge in [-0.15, -0.1) is 0 Å².